The Kier molecular flexibility index (Phi) is 9.54. The first-order valence-electron chi connectivity index (χ1n) is 14.1. The topological polar surface area (TPSA) is 101 Å². The van der Waals surface area contributed by atoms with Gasteiger partial charge >= 0.3 is 0 Å². The zero-order chi connectivity index (χ0) is 31.2. The van der Waals surface area contributed by atoms with Crippen molar-refractivity contribution in [3.63, 3.8) is 0 Å². The van der Waals surface area contributed by atoms with E-state index in [1.54, 1.807) is 32.2 Å². The number of benzene rings is 3. The minimum absolute atomic E-state index is 0.0265. The Morgan fingerprint density at radius 3 is 2.20 bits per heavy atom. The number of carbonyl (C=O) groups is 3. The van der Waals surface area contributed by atoms with Crippen molar-refractivity contribution in [2.75, 3.05) is 63.1 Å². The molecular weight excluding hydrogens is 580 g/mol. The van der Waals surface area contributed by atoms with E-state index in [0.717, 1.165) is 5.69 Å². The van der Waals surface area contributed by atoms with Gasteiger partial charge in [-0.05, 0) is 55.5 Å². The summed E-state index contributed by atoms with van der Waals surface area (Å²) < 4.78 is 16.4. The molecule has 0 bridgehead atoms. The summed E-state index contributed by atoms with van der Waals surface area (Å²) in [5, 5.41) is 0.416. The highest BCUT2D eigenvalue weighted by Gasteiger charge is 2.33. The van der Waals surface area contributed by atoms with Crippen molar-refractivity contribution in [2.45, 2.75) is 6.92 Å². The lowest BCUT2D eigenvalue weighted by Gasteiger charge is -2.36. The summed E-state index contributed by atoms with van der Waals surface area (Å²) in [6, 6.07) is 20.2. The molecule has 0 spiro atoms. The number of nitrogens with zero attached hydrogens (tertiary/aromatic N) is 4. The van der Waals surface area contributed by atoms with Crippen LogP contribution in [0.1, 0.15) is 22.8 Å². The predicted molar refractivity (Wildman–Crippen MR) is 173 cm³/mol. The number of Topliss-reactive ketones (excluding diaryl/α,β-unsaturated/α-hetero) is 1. The molecule has 2 aliphatic heterocycles. The third-order valence-corrected chi connectivity index (χ3v) is 8.37. The highest BCUT2D eigenvalue weighted by molar-refractivity contribution is 8.14. The molecule has 5 rings (SSSR count). The van der Waals surface area contributed by atoms with Gasteiger partial charge in [0.15, 0.2) is 22.4 Å². The quantitative estimate of drug-likeness (QED) is 0.252. The van der Waals surface area contributed by atoms with E-state index in [1.807, 2.05) is 59.5 Å². The van der Waals surface area contributed by atoms with Gasteiger partial charge in [0, 0.05) is 49.1 Å². The number of hydrogen-bond donors (Lipinski definition) is 0. The molecule has 3 aromatic carbocycles. The Bertz CT molecular complexity index is 1600. The zero-order valence-corrected chi connectivity index (χ0v) is 25.9. The Labute approximate surface area is 260 Å². The molecule has 44 heavy (non-hydrogen) atoms. The maximum absolute atomic E-state index is 13.7. The van der Waals surface area contributed by atoms with Crippen LogP contribution in [0.5, 0.6) is 17.2 Å². The Morgan fingerprint density at radius 2 is 1.59 bits per heavy atom. The van der Waals surface area contributed by atoms with E-state index in [4.69, 9.17) is 14.2 Å². The fourth-order valence-electron chi connectivity index (χ4n) is 5.08. The molecule has 2 amide bonds. The summed E-state index contributed by atoms with van der Waals surface area (Å²) in [6.45, 7) is 4.07. The maximum Gasteiger partial charge on any atom is 0.283 e. The number of para-hydroxylation sites is 1. The fraction of sp³-hybridized carbons (Fsp3) is 0.273. The van der Waals surface area contributed by atoms with Gasteiger partial charge in [0.25, 0.3) is 5.91 Å². The average Bonchev–Trinajstić information content (AvgIpc) is 3.37. The van der Waals surface area contributed by atoms with E-state index in [2.05, 4.69) is 9.89 Å². The number of anilines is 2. The van der Waals surface area contributed by atoms with E-state index < -0.39 is 0 Å². The molecule has 0 N–H and O–H groups in total. The summed E-state index contributed by atoms with van der Waals surface area (Å²) in [5.74, 6) is 1.26. The van der Waals surface area contributed by atoms with Gasteiger partial charge in [0.05, 0.1) is 32.8 Å². The number of hydrogen-bond acceptors (Lipinski definition) is 9. The van der Waals surface area contributed by atoms with Gasteiger partial charge in [-0.15, -0.1) is 0 Å². The second-order valence-corrected chi connectivity index (χ2v) is 11.1. The second-order valence-electron chi connectivity index (χ2n) is 10.1. The van der Waals surface area contributed by atoms with E-state index in [-0.39, 0.29) is 29.0 Å². The van der Waals surface area contributed by atoms with E-state index in [1.165, 1.54) is 30.9 Å². The summed E-state index contributed by atoms with van der Waals surface area (Å²) in [5.41, 5.74) is 3.12. The van der Waals surface area contributed by atoms with Crippen LogP contribution in [-0.2, 0) is 9.59 Å². The van der Waals surface area contributed by atoms with E-state index in [9.17, 15) is 14.4 Å². The van der Waals surface area contributed by atoms with Crippen molar-refractivity contribution < 1.29 is 28.6 Å². The highest BCUT2D eigenvalue weighted by Crippen LogP contribution is 2.38. The molecule has 2 heterocycles. The molecule has 0 aliphatic carbocycles. The summed E-state index contributed by atoms with van der Waals surface area (Å²) >= 11 is 1.23. The first-order valence-corrected chi connectivity index (χ1v) is 15.1. The average molecular weight is 615 g/mol. The summed E-state index contributed by atoms with van der Waals surface area (Å²) in [7, 11) is 4.61. The van der Waals surface area contributed by atoms with Gasteiger partial charge in [-0.2, -0.15) is 0 Å². The molecule has 0 unspecified atom stereocenters. The lowest BCUT2D eigenvalue weighted by Crippen LogP contribution is -2.49. The molecule has 3 aromatic rings. The number of aliphatic imine (C=N–C) groups is 1. The number of amides is 2. The molecule has 10 nitrogen and oxygen atoms in total. The summed E-state index contributed by atoms with van der Waals surface area (Å²) in [4.78, 5) is 48.8. The minimum atomic E-state index is -0.320. The van der Waals surface area contributed by atoms with Gasteiger partial charge in [-0.1, -0.05) is 30.0 Å². The van der Waals surface area contributed by atoms with Crippen molar-refractivity contribution in [1.82, 2.24) is 4.90 Å². The lowest BCUT2D eigenvalue weighted by molar-refractivity contribution is -0.128. The number of ether oxygens (including phenoxy) is 3. The van der Waals surface area contributed by atoms with Crippen LogP contribution in [0, 0.1) is 0 Å². The third-order valence-electron chi connectivity index (χ3n) is 7.45. The van der Waals surface area contributed by atoms with Crippen LogP contribution in [-0.4, -0.2) is 80.9 Å². The number of ketones is 1. The van der Waals surface area contributed by atoms with Crippen molar-refractivity contribution in [3.8, 4) is 17.2 Å². The smallest absolute Gasteiger partial charge is 0.283 e. The minimum Gasteiger partial charge on any atom is -0.497 e. The molecule has 1 saturated heterocycles. The van der Waals surface area contributed by atoms with Gasteiger partial charge in [-0.3, -0.25) is 19.3 Å². The van der Waals surface area contributed by atoms with Crippen LogP contribution in [0.3, 0.4) is 0 Å². The van der Waals surface area contributed by atoms with Crippen LogP contribution in [0.25, 0.3) is 6.08 Å². The van der Waals surface area contributed by atoms with Gasteiger partial charge < -0.3 is 24.0 Å². The zero-order valence-electron chi connectivity index (χ0n) is 25.1. The van der Waals surface area contributed by atoms with Crippen LogP contribution in [0.2, 0.25) is 0 Å². The van der Waals surface area contributed by atoms with Crippen molar-refractivity contribution in [1.29, 1.82) is 0 Å². The molecule has 0 saturated carbocycles. The number of rotatable bonds is 9. The van der Waals surface area contributed by atoms with Gasteiger partial charge in [0.1, 0.15) is 11.4 Å². The molecule has 2 aliphatic rings. The van der Waals surface area contributed by atoms with Crippen LogP contribution < -0.4 is 24.0 Å². The SMILES string of the molecule is COc1cc(/C=C2/N=C(SCC(=O)N3CCN(c4ccc(C(C)=O)cc4)CC3)N(c3ccccc3)C2=O)c(OC)c(OC)c1. The first kappa shape index (κ1) is 30.7. The maximum atomic E-state index is 13.7. The highest BCUT2D eigenvalue weighted by atomic mass is 32.2. The predicted octanol–water partition coefficient (Wildman–Crippen LogP) is 4.74. The van der Waals surface area contributed by atoms with Gasteiger partial charge in [0.2, 0.25) is 5.91 Å². The fourth-order valence-corrected chi connectivity index (χ4v) is 5.99. The monoisotopic (exact) mass is 614 g/mol. The Hall–Kier alpha value is -4.77. The molecule has 0 atom stereocenters. The molecule has 228 valence electrons. The van der Waals surface area contributed by atoms with Crippen LogP contribution in [0.15, 0.2) is 77.4 Å². The van der Waals surface area contributed by atoms with Crippen molar-refractivity contribution >= 4 is 52.0 Å². The number of piperazine rings is 1. The Morgan fingerprint density at radius 1 is 0.886 bits per heavy atom. The van der Waals surface area contributed by atoms with Crippen molar-refractivity contribution in [3.05, 3.63) is 83.6 Å². The molecule has 11 heteroatoms. The third kappa shape index (κ3) is 6.57. The molecule has 0 radical (unpaired) electrons. The standard InChI is InChI=1S/C33H34N4O6S/c1-22(38)23-10-12-25(13-11-23)35-14-16-36(17-15-35)30(39)21-44-33-34-28(32(40)37(33)26-8-6-5-7-9-26)19-24-18-27(41-2)20-29(42-3)31(24)43-4/h5-13,18-20H,14-17,21H2,1-4H3/b28-19+. The van der Waals surface area contributed by atoms with E-state index in [0.29, 0.717) is 65.4 Å². The summed E-state index contributed by atoms with van der Waals surface area (Å²) in [6.07, 6.45) is 1.64. The molecular formula is C33H34N4O6S. The number of carbonyl (C=O) groups excluding carboxylic acids is 3. The largest absolute Gasteiger partial charge is 0.497 e. The second kappa shape index (κ2) is 13.7. The number of methoxy groups -OCH3 is 3. The van der Waals surface area contributed by atoms with E-state index >= 15 is 0 Å². The Balaban J connectivity index is 1.32. The normalized spacial score (nSPS) is 15.8. The molecule has 1 fully saturated rings. The number of amidine groups is 1. The van der Waals surface area contributed by atoms with Crippen LogP contribution >= 0.6 is 11.8 Å². The van der Waals surface area contributed by atoms with Gasteiger partial charge in [-0.25, -0.2) is 4.99 Å². The first-order chi connectivity index (χ1) is 21.3. The van der Waals surface area contributed by atoms with Crippen LogP contribution in [0.4, 0.5) is 11.4 Å². The molecule has 0 aromatic heterocycles. The van der Waals surface area contributed by atoms with Crippen molar-refractivity contribution in [2.24, 2.45) is 4.99 Å². The lowest BCUT2D eigenvalue weighted by atomic mass is 10.1. The number of thioether (sulfide) groups is 1.